The van der Waals surface area contributed by atoms with Gasteiger partial charge in [-0.05, 0) is 37.6 Å². The van der Waals surface area contributed by atoms with Crippen molar-refractivity contribution in [3.05, 3.63) is 64.7 Å². The van der Waals surface area contributed by atoms with Crippen LogP contribution in [-0.4, -0.2) is 33.0 Å². The Bertz CT molecular complexity index is 919. The van der Waals surface area contributed by atoms with Gasteiger partial charge in [0.15, 0.2) is 6.61 Å². The molecule has 0 saturated carbocycles. The average Bonchev–Trinajstić information content (AvgIpc) is 2.53. The number of anilines is 1. The third kappa shape index (κ3) is 5.15. The van der Waals surface area contributed by atoms with E-state index in [1.54, 1.807) is 25.1 Å². The molecular formula is C18H19NO5S. The standard InChI is InChI=1S/C18H19NO5S/c1-12-8-9-13(2)15(10-12)17(20)11-24-18(21)14-6-4-5-7-16(14)19-25(3,22)23/h4-10,19H,11H2,1-3H3. The van der Waals surface area contributed by atoms with E-state index in [0.29, 0.717) is 5.56 Å². The zero-order chi connectivity index (χ0) is 18.6. The first-order chi connectivity index (χ1) is 11.7. The highest BCUT2D eigenvalue weighted by atomic mass is 32.2. The molecule has 2 aromatic rings. The Morgan fingerprint density at radius 1 is 1.04 bits per heavy atom. The van der Waals surface area contributed by atoms with Crippen molar-refractivity contribution < 1.29 is 22.7 Å². The summed E-state index contributed by atoms with van der Waals surface area (Å²) < 4.78 is 30.1. The van der Waals surface area contributed by atoms with Crippen molar-refractivity contribution in [2.45, 2.75) is 13.8 Å². The molecule has 0 aliphatic heterocycles. The Labute approximate surface area is 146 Å². The number of rotatable bonds is 6. The topological polar surface area (TPSA) is 89.5 Å². The fraction of sp³-hybridized carbons (Fsp3) is 0.222. The number of hydrogen-bond acceptors (Lipinski definition) is 5. The molecule has 25 heavy (non-hydrogen) atoms. The Balaban J connectivity index is 2.13. The van der Waals surface area contributed by atoms with Crippen LogP contribution in [0.5, 0.6) is 0 Å². The summed E-state index contributed by atoms with van der Waals surface area (Å²) in [6.07, 6.45) is 0.985. The van der Waals surface area contributed by atoms with Crippen LogP contribution in [0, 0.1) is 13.8 Å². The number of carbonyl (C=O) groups excluding carboxylic acids is 2. The molecule has 0 radical (unpaired) electrons. The van der Waals surface area contributed by atoms with Crippen LogP contribution in [0.2, 0.25) is 0 Å². The second-order valence-electron chi connectivity index (χ2n) is 5.74. The van der Waals surface area contributed by atoms with E-state index in [2.05, 4.69) is 4.72 Å². The normalized spacial score (nSPS) is 11.0. The number of Topliss-reactive ketones (excluding diaryl/α,β-unsaturated/α-hetero) is 1. The molecule has 0 spiro atoms. The molecule has 2 aromatic carbocycles. The first-order valence-corrected chi connectivity index (χ1v) is 9.41. The van der Waals surface area contributed by atoms with Crippen LogP contribution in [0.4, 0.5) is 5.69 Å². The molecule has 0 heterocycles. The summed E-state index contributed by atoms with van der Waals surface area (Å²) in [6.45, 7) is 3.26. The van der Waals surface area contributed by atoms with E-state index in [4.69, 9.17) is 4.74 Å². The summed E-state index contributed by atoms with van der Waals surface area (Å²) in [5, 5.41) is 0. The quantitative estimate of drug-likeness (QED) is 0.631. The maximum atomic E-state index is 12.3. The minimum atomic E-state index is -3.54. The van der Waals surface area contributed by atoms with Crippen LogP contribution in [-0.2, 0) is 14.8 Å². The van der Waals surface area contributed by atoms with Gasteiger partial charge >= 0.3 is 5.97 Å². The van der Waals surface area contributed by atoms with Crippen LogP contribution < -0.4 is 4.72 Å². The lowest BCUT2D eigenvalue weighted by molar-refractivity contribution is 0.0475. The summed E-state index contributed by atoms with van der Waals surface area (Å²) in [7, 11) is -3.54. The summed E-state index contributed by atoms with van der Waals surface area (Å²) in [6, 6.07) is 11.5. The first kappa shape index (κ1) is 18.7. The van der Waals surface area contributed by atoms with E-state index in [9.17, 15) is 18.0 Å². The minimum absolute atomic E-state index is 0.0432. The number of nitrogens with one attached hydrogen (secondary N) is 1. The summed E-state index contributed by atoms with van der Waals surface area (Å²) in [5.41, 5.74) is 2.37. The van der Waals surface area contributed by atoms with Crippen LogP contribution in [0.1, 0.15) is 31.8 Å². The van der Waals surface area contributed by atoms with Gasteiger partial charge in [0, 0.05) is 5.56 Å². The highest BCUT2D eigenvalue weighted by molar-refractivity contribution is 7.92. The van der Waals surface area contributed by atoms with Gasteiger partial charge < -0.3 is 4.74 Å². The molecule has 132 valence electrons. The van der Waals surface area contributed by atoms with E-state index in [1.807, 2.05) is 19.1 Å². The number of carbonyl (C=O) groups is 2. The number of hydrogen-bond donors (Lipinski definition) is 1. The van der Waals surface area contributed by atoms with Crippen molar-refractivity contribution >= 4 is 27.5 Å². The SMILES string of the molecule is Cc1ccc(C)c(C(=O)COC(=O)c2ccccc2NS(C)(=O)=O)c1. The fourth-order valence-corrected chi connectivity index (χ4v) is 2.85. The van der Waals surface area contributed by atoms with E-state index in [0.717, 1.165) is 17.4 Å². The molecule has 0 amide bonds. The van der Waals surface area contributed by atoms with Gasteiger partial charge in [-0.3, -0.25) is 9.52 Å². The second-order valence-corrected chi connectivity index (χ2v) is 7.49. The van der Waals surface area contributed by atoms with Crippen molar-refractivity contribution in [1.82, 2.24) is 0 Å². The maximum absolute atomic E-state index is 12.3. The third-order valence-corrected chi connectivity index (χ3v) is 4.06. The lowest BCUT2D eigenvalue weighted by Gasteiger charge is -2.11. The molecular weight excluding hydrogens is 342 g/mol. The van der Waals surface area contributed by atoms with E-state index >= 15 is 0 Å². The molecule has 0 atom stereocenters. The number of ether oxygens (including phenoxy) is 1. The molecule has 2 rings (SSSR count). The van der Waals surface area contributed by atoms with Crippen LogP contribution in [0.25, 0.3) is 0 Å². The summed E-state index contributed by atoms with van der Waals surface area (Å²) in [4.78, 5) is 24.5. The van der Waals surface area contributed by atoms with Gasteiger partial charge in [0.1, 0.15) is 0 Å². The molecule has 7 heteroatoms. The zero-order valence-electron chi connectivity index (χ0n) is 14.2. The van der Waals surface area contributed by atoms with Gasteiger partial charge in [0.05, 0.1) is 17.5 Å². The molecule has 0 unspecified atom stereocenters. The van der Waals surface area contributed by atoms with Crippen molar-refractivity contribution in [3.8, 4) is 0 Å². The molecule has 0 saturated heterocycles. The van der Waals surface area contributed by atoms with Gasteiger partial charge in [0.25, 0.3) is 0 Å². The number of sulfonamides is 1. The molecule has 0 aliphatic rings. The van der Waals surface area contributed by atoms with Crippen molar-refractivity contribution in [2.24, 2.45) is 0 Å². The van der Waals surface area contributed by atoms with Crippen molar-refractivity contribution in [1.29, 1.82) is 0 Å². The minimum Gasteiger partial charge on any atom is -0.454 e. The van der Waals surface area contributed by atoms with Gasteiger partial charge in [-0.2, -0.15) is 0 Å². The molecule has 6 nitrogen and oxygen atoms in total. The van der Waals surface area contributed by atoms with E-state index in [-0.39, 0.29) is 17.0 Å². The Kier molecular flexibility index (Phi) is 5.58. The van der Waals surface area contributed by atoms with Crippen molar-refractivity contribution in [2.75, 3.05) is 17.6 Å². The number of benzene rings is 2. The summed E-state index contributed by atoms with van der Waals surface area (Å²) >= 11 is 0. The highest BCUT2D eigenvalue weighted by Gasteiger charge is 2.17. The van der Waals surface area contributed by atoms with Gasteiger partial charge in [-0.15, -0.1) is 0 Å². The highest BCUT2D eigenvalue weighted by Crippen LogP contribution is 2.18. The third-order valence-electron chi connectivity index (χ3n) is 3.47. The lowest BCUT2D eigenvalue weighted by Crippen LogP contribution is -2.18. The van der Waals surface area contributed by atoms with E-state index in [1.165, 1.54) is 12.1 Å². The van der Waals surface area contributed by atoms with Crippen LogP contribution in [0.15, 0.2) is 42.5 Å². The number of ketones is 1. The van der Waals surface area contributed by atoms with Gasteiger partial charge in [-0.25, -0.2) is 13.2 Å². The van der Waals surface area contributed by atoms with Gasteiger partial charge in [-0.1, -0.05) is 29.8 Å². The first-order valence-electron chi connectivity index (χ1n) is 7.52. The number of aryl methyl sites for hydroxylation is 2. The number of esters is 1. The average molecular weight is 361 g/mol. The van der Waals surface area contributed by atoms with Crippen molar-refractivity contribution in [3.63, 3.8) is 0 Å². The van der Waals surface area contributed by atoms with Crippen LogP contribution >= 0.6 is 0 Å². The molecule has 0 bridgehead atoms. The van der Waals surface area contributed by atoms with E-state index < -0.39 is 22.6 Å². The number of para-hydroxylation sites is 1. The fourth-order valence-electron chi connectivity index (χ4n) is 2.27. The molecule has 0 fully saturated rings. The monoisotopic (exact) mass is 361 g/mol. The molecule has 0 aliphatic carbocycles. The smallest absolute Gasteiger partial charge is 0.340 e. The lowest BCUT2D eigenvalue weighted by atomic mass is 10.0. The Morgan fingerprint density at radius 2 is 1.72 bits per heavy atom. The molecule has 1 N–H and O–H groups in total. The largest absolute Gasteiger partial charge is 0.454 e. The Morgan fingerprint density at radius 3 is 2.40 bits per heavy atom. The van der Waals surface area contributed by atoms with Crippen LogP contribution in [0.3, 0.4) is 0 Å². The second kappa shape index (κ2) is 7.48. The van der Waals surface area contributed by atoms with Gasteiger partial charge in [0.2, 0.25) is 15.8 Å². The zero-order valence-corrected chi connectivity index (χ0v) is 15.0. The predicted molar refractivity (Wildman–Crippen MR) is 95.4 cm³/mol. The predicted octanol–water partition coefficient (Wildman–Crippen LogP) is 2.71. The Hall–Kier alpha value is -2.67. The maximum Gasteiger partial charge on any atom is 0.340 e. The molecule has 0 aromatic heterocycles. The summed E-state index contributed by atoms with van der Waals surface area (Å²) in [5.74, 6) is -1.09.